The minimum absolute atomic E-state index is 0.0950. The van der Waals surface area contributed by atoms with Gasteiger partial charge in [0.2, 0.25) is 0 Å². The Morgan fingerprint density at radius 1 is 0.296 bits per heavy atom. The molecule has 6 heteroatoms. The van der Waals surface area contributed by atoms with Crippen molar-refractivity contribution in [3.63, 3.8) is 0 Å². The van der Waals surface area contributed by atoms with E-state index in [1.54, 1.807) is 0 Å². The van der Waals surface area contributed by atoms with Crippen LogP contribution >= 0.6 is 0 Å². The first-order valence-corrected chi connectivity index (χ1v) is 29.8. The van der Waals surface area contributed by atoms with E-state index in [2.05, 4.69) is 57.2 Å². The molecule has 0 aromatic rings. The van der Waals surface area contributed by atoms with Crippen LogP contribution in [0.15, 0.2) is 97.2 Å². The third kappa shape index (κ3) is 57.1. The molecular formula is C65H110O6. The lowest BCUT2D eigenvalue weighted by Crippen LogP contribution is -2.30. The second kappa shape index (κ2) is 58.9. The maximum Gasteiger partial charge on any atom is 0.306 e. The number of esters is 3. The van der Waals surface area contributed by atoms with E-state index in [4.69, 9.17) is 14.2 Å². The molecule has 0 rings (SSSR count). The van der Waals surface area contributed by atoms with Gasteiger partial charge >= 0.3 is 17.9 Å². The van der Waals surface area contributed by atoms with E-state index in [9.17, 15) is 14.4 Å². The molecule has 0 fully saturated rings. The summed E-state index contributed by atoms with van der Waals surface area (Å²) >= 11 is 0. The van der Waals surface area contributed by atoms with Gasteiger partial charge in [-0.2, -0.15) is 0 Å². The van der Waals surface area contributed by atoms with Gasteiger partial charge in [0.05, 0.1) is 0 Å². The molecule has 0 bridgehead atoms. The van der Waals surface area contributed by atoms with Crippen LogP contribution in [0.5, 0.6) is 0 Å². The first-order chi connectivity index (χ1) is 35.0. The van der Waals surface area contributed by atoms with E-state index in [0.29, 0.717) is 19.3 Å². The number of carbonyl (C=O) groups excluding carboxylic acids is 3. The Morgan fingerprint density at radius 2 is 0.549 bits per heavy atom. The standard InChI is InChI=1S/C65H110O6/c1-4-7-10-13-16-19-22-25-28-31-32-35-37-40-43-46-49-52-55-58-64(67)70-61-62(71-65(68)59-56-53-50-47-44-41-38-34-30-27-24-21-18-15-12-9-6-3)60-69-63(66)57-54-51-48-45-42-39-36-33-29-26-23-20-17-14-11-8-5-2/h9,12,15-16,18-19,21-22,24-25,27,30,34,38,41,44,62H,4-8,10-11,13-14,17,20,23,26,28-29,31-33,35-37,39-40,42-43,45-61H2,1-3H3/b12-9-,18-15-,19-16-,24-21-,25-22-,30-27-,38-34+,44-41-. The van der Waals surface area contributed by atoms with Crippen molar-refractivity contribution in [3.8, 4) is 0 Å². The lowest BCUT2D eigenvalue weighted by molar-refractivity contribution is -0.167. The minimum atomic E-state index is -0.802. The molecule has 0 radical (unpaired) electrons. The smallest absolute Gasteiger partial charge is 0.306 e. The lowest BCUT2D eigenvalue weighted by atomic mass is 10.0. The van der Waals surface area contributed by atoms with Crippen molar-refractivity contribution in [1.82, 2.24) is 0 Å². The van der Waals surface area contributed by atoms with Crippen LogP contribution in [0.1, 0.15) is 278 Å². The zero-order valence-electron chi connectivity index (χ0n) is 46.5. The van der Waals surface area contributed by atoms with Crippen LogP contribution in [0.4, 0.5) is 0 Å². The summed E-state index contributed by atoms with van der Waals surface area (Å²) < 4.78 is 16.9. The molecular weight excluding hydrogens is 877 g/mol. The summed E-state index contributed by atoms with van der Waals surface area (Å²) in [7, 11) is 0. The molecule has 0 amide bonds. The Balaban J connectivity index is 4.45. The average molecular weight is 988 g/mol. The number of ether oxygens (including phenoxy) is 3. The highest BCUT2D eigenvalue weighted by molar-refractivity contribution is 5.71. The van der Waals surface area contributed by atoms with Gasteiger partial charge in [0.25, 0.3) is 0 Å². The van der Waals surface area contributed by atoms with Gasteiger partial charge in [-0.25, -0.2) is 0 Å². The van der Waals surface area contributed by atoms with Crippen LogP contribution in [0.2, 0.25) is 0 Å². The topological polar surface area (TPSA) is 78.9 Å². The molecule has 0 aromatic carbocycles. The fraction of sp³-hybridized carbons (Fsp3) is 0.708. The van der Waals surface area contributed by atoms with Crippen LogP contribution in [0, 0.1) is 0 Å². The van der Waals surface area contributed by atoms with Crippen molar-refractivity contribution in [2.24, 2.45) is 0 Å². The third-order valence-electron chi connectivity index (χ3n) is 12.8. The van der Waals surface area contributed by atoms with Gasteiger partial charge in [-0.05, 0) is 64.2 Å². The SMILES string of the molecule is CC\C=C/C=C\C=C/C=C\C=C\C=C/CCCCCC(=O)OC(COC(=O)CCCCCCCCCCCC/C=C\C=C/CCCCC)COC(=O)CCCCCCCCCCCCCCCCCCC. The van der Waals surface area contributed by atoms with Gasteiger partial charge in [0.15, 0.2) is 6.10 Å². The molecule has 0 aliphatic carbocycles. The van der Waals surface area contributed by atoms with Crippen molar-refractivity contribution >= 4 is 17.9 Å². The highest BCUT2D eigenvalue weighted by atomic mass is 16.6. The second-order valence-electron chi connectivity index (χ2n) is 19.7. The van der Waals surface area contributed by atoms with Gasteiger partial charge in [-0.3, -0.25) is 14.4 Å². The zero-order valence-corrected chi connectivity index (χ0v) is 46.5. The summed E-state index contributed by atoms with van der Waals surface area (Å²) in [5, 5.41) is 0. The first kappa shape index (κ1) is 67.3. The summed E-state index contributed by atoms with van der Waals surface area (Å²) in [6.45, 7) is 6.45. The molecule has 1 atom stereocenters. The summed E-state index contributed by atoms with van der Waals surface area (Å²) in [6, 6.07) is 0. The monoisotopic (exact) mass is 987 g/mol. The lowest BCUT2D eigenvalue weighted by Gasteiger charge is -2.18. The summed E-state index contributed by atoms with van der Waals surface area (Å²) in [6.07, 6.45) is 78.2. The van der Waals surface area contributed by atoms with Crippen molar-refractivity contribution in [3.05, 3.63) is 97.2 Å². The molecule has 406 valence electrons. The van der Waals surface area contributed by atoms with Gasteiger partial charge in [0.1, 0.15) is 13.2 Å². The minimum Gasteiger partial charge on any atom is -0.462 e. The van der Waals surface area contributed by atoms with Crippen molar-refractivity contribution in [1.29, 1.82) is 0 Å². The summed E-state index contributed by atoms with van der Waals surface area (Å²) in [5.74, 6) is -0.934. The Kier molecular flexibility index (Phi) is 55.9. The summed E-state index contributed by atoms with van der Waals surface area (Å²) in [4.78, 5) is 38.2. The Morgan fingerprint density at radius 3 is 0.915 bits per heavy atom. The maximum atomic E-state index is 12.9. The quantitative estimate of drug-likeness (QED) is 0.0261. The molecule has 0 saturated heterocycles. The second-order valence-corrected chi connectivity index (χ2v) is 19.7. The highest BCUT2D eigenvalue weighted by Gasteiger charge is 2.19. The molecule has 0 saturated carbocycles. The molecule has 6 nitrogen and oxygen atoms in total. The normalized spacial score (nSPS) is 12.8. The molecule has 0 N–H and O–H groups in total. The van der Waals surface area contributed by atoms with Crippen LogP contribution in [0.3, 0.4) is 0 Å². The van der Waals surface area contributed by atoms with E-state index in [1.165, 1.54) is 167 Å². The summed E-state index contributed by atoms with van der Waals surface area (Å²) in [5.41, 5.74) is 0. The fourth-order valence-electron chi connectivity index (χ4n) is 8.29. The number of hydrogen-bond donors (Lipinski definition) is 0. The highest BCUT2D eigenvalue weighted by Crippen LogP contribution is 2.16. The first-order valence-electron chi connectivity index (χ1n) is 29.8. The average Bonchev–Trinajstić information content (AvgIpc) is 3.37. The number of unbranched alkanes of at least 4 members (excludes halogenated alkanes) is 32. The fourth-order valence-corrected chi connectivity index (χ4v) is 8.29. The van der Waals surface area contributed by atoms with Crippen molar-refractivity contribution in [2.45, 2.75) is 284 Å². The van der Waals surface area contributed by atoms with Gasteiger partial charge in [0, 0.05) is 19.3 Å². The van der Waals surface area contributed by atoms with Crippen molar-refractivity contribution in [2.75, 3.05) is 13.2 Å². The van der Waals surface area contributed by atoms with Crippen molar-refractivity contribution < 1.29 is 28.6 Å². The Bertz CT molecular complexity index is 1410. The van der Waals surface area contributed by atoms with Crippen LogP contribution < -0.4 is 0 Å². The molecule has 0 aromatic heterocycles. The largest absolute Gasteiger partial charge is 0.462 e. The molecule has 1 unspecified atom stereocenters. The molecule has 0 aliphatic heterocycles. The Labute approximate surface area is 438 Å². The molecule has 71 heavy (non-hydrogen) atoms. The van der Waals surface area contributed by atoms with Crippen LogP contribution in [-0.4, -0.2) is 37.2 Å². The zero-order chi connectivity index (χ0) is 51.4. The van der Waals surface area contributed by atoms with E-state index < -0.39 is 6.10 Å². The van der Waals surface area contributed by atoms with Crippen LogP contribution in [-0.2, 0) is 28.6 Å². The molecule has 0 heterocycles. The van der Waals surface area contributed by atoms with Gasteiger partial charge in [-0.15, -0.1) is 0 Å². The predicted molar refractivity (Wildman–Crippen MR) is 307 cm³/mol. The maximum absolute atomic E-state index is 12.9. The third-order valence-corrected chi connectivity index (χ3v) is 12.8. The van der Waals surface area contributed by atoms with Gasteiger partial charge in [-0.1, -0.05) is 291 Å². The van der Waals surface area contributed by atoms with E-state index in [-0.39, 0.29) is 37.5 Å². The number of allylic oxidation sites excluding steroid dienone is 16. The van der Waals surface area contributed by atoms with E-state index >= 15 is 0 Å². The number of carbonyl (C=O) groups is 3. The number of rotatable bonds is 53. The van der Waals surface area contributed by atoms with Crippen LogP contribution in [0.25, 0.3) is 0 Å². The number of hydrogen-bond acceptors (Lipinski definition) is 6. The van der Waals surface area contributed by atoms with E-state index in [1.807, 2.05) is 60.8 Å². The molecule has 0 spiro atoms. The predicted octanol–water partition coefficient (Wildman–Crippen LogP) is 20.1. The van der Waals surface area contributed by atoms with E-state index in [0.717, 1.165) is 64.2 Å². The Hall–Kier alpha value is -3.67. The molecule has 0 aliphatic rings. The van der Waals surface area contributed by atoms with Gasteiger partial charge < -0.3 is 14.2 Å².